The number of rotatable bonds is 17. The van der Waals surface area contributed by atoms with Crippen LogP contribution in [0.2, 0.25) is 0 Å². The van der Waals surface area contributed by atoms with Crippen molar-refractivity contribution in [2.75, 3.05) is 32.9 Å². The third-order valence-electron chi connectivity index (χ3n) is 12.4. The first kappa shape index (κ1) is 40.3. The minimum atomic E-state index is -1.11. The highest BCUT2D eigenvalue weighted by atomic mass is 16.6. The molecule has 3 aliphatic heterocycles. The van der Waals surface area contributed by atoms with Crippen molar-refractivity contribution in [3.63, 3.8) is 0 Å². The number of fused-ring (bicyclic) bond motifs is 2. The Labute approximate surface area is 308 Å². The molecule has 1 aromatic rings. The number of carbonyl (C=O) groups excluding carboxylic acids is 3. The topological polar surface area (TPSA) is 184 Å². The number of phenols is 1. The van der Waals surface area contributed by atoms with Gasteiger partial charge in [0.1, 0.15) is 17.7 Å². The van der Waals surface area contributed by atoms with Crippen LogP contribution in [0.5, 0.6) is 11.5 Å². The summed E-state index contributed by atoms with van der Waals surface area (Å²) in [4.78, 5) is 40.4. The number of hydrogen-bond donors (Lipinski definition) is 6. The third kappa shape index (κ3) is 9.59. The standard InChI is InChI=1S/C40H62N2O10/c1-26(45)8-9-29(6-5-20-43)34(51-27(2)46)23-35(52-38(49)40-15-4-3-7-31(40)11-13-36(48)42-40)39(16-18-41-19-17-39)24-30-10-12-33(47)37-32(30)22-28(14-21-44)25-50-37/h10,12,26,28-29,31,34-35,41,43-45,47H,3-9,11,13-25H2,1-2H3,(H,42,48). The van der Waals surface area contributed by atoms with Gasteiger partial charge in [-0.05, 0) is 126 Å². The summed E-state index contributed by atoms with van der Waals surface area (Å²) >= 11 is 0. The third-order valence-corrected chi connectivity index (χ3v) is 12.4. The van der Waals surface area contributed by atoms with Crippen LogP contribution in [0.25, 0.3) is 0 Å². The summed E-state index contributed by atoms with van der Waals surface area (Å²) in [7, 11) is 0. The molecule has 1 aromatic carbocycles. The van der Waals surface area contributed by atoms with E-state index in [-0.39, 0.29) is 49.0 Å². The van der Waals surface area contributed by atoms with Gasteiger partial charge in [0.25, 0.3) is 0 Å². The van der Waals surface area contributed by atoms with E-state index >= 15 is 0 Å². The molecule has 4 aliphatic rings. The van der Waals surface area contributed by atoms with Crippen molar-refractivity contribution in [1.82, 2.24) is 10.6 Å². The van der Waals surface area contributed by atoms with Gasteiger partial charge in [0.05, 0.1) is 12.7 Å². The molecule has 1 aliphatic carbocycles. The number of nitrogens with one attached hydrogen (secondary N) is 2. The zero-order valence-electron chi connectivity index (χ0n) is 31.2. The molecule has 12 nitrogen and oxygen atoms in total. The monoisotopic (exact) mass is 730 g/mol. The summed E-state index contributed by atoms with van der Waals surface area (Å²) in [6, 6.07) is 3.58. The number of benzene rings is 1. The van der Waals surface area contributed by atoms with Crippen LogP contribution in [-0.4, -0.2) is 95.0 Å². The van der Waals surface area contributed by atoms with E-state index in [1.807, 2.05) is 6.07 Å². The Morgan fingerprint density at radius 1 is 1.04 bits per heavy atom. The molecule has 0 radical (unpaired) electrons. The molecular weight excluding hydrogens is 668 g/mol. The Bertz CT molecular complexity index is 1360. The molecule has 7 unspecified atom stereocenters. The van der Waals surface area contributed by atoms with E-state index in [0.29, 0.717) is 102 Å². The number of aliphatic hydroxyl groups is 3. The van der Waals surface area contributed by atoms with Crippen LogP contribution in [0.15, 0.2) is 12.1 Å². The second-order valence-electron chi connectivity index (χ2n) is 16.1. The van der Waals surface area contributed by atoms with Crippen molar-refractivity contribution < 1.29 is 49.0 Å². The van der Waals surface area contributed by atoms with Gasteiger partial charge in [-0.25, -0.2) is 4.79 Å². The molecule has 7 atom stereocenters. The van der Waals surface area contributed by atoms with Crippen molar-refractivity contribution >= 4 is 17.8 Å². The van der Waals surface area contributed by atoms with Crippen LogP contribution in [0.3, 0.4) is 0 Å². The number of piperidine rings is 2. The molecule has 1 saturated carbocycles. The van der Waals surface area contributed by atoms with E-state index in [2.05, 4.69) is 10.6 Å². The summed E-state index contributed by atoms with van der Waals surface area (Å²) in [5, 5.41) is 47.2. The van der Waals surface area contributed by atoms with Crippen LogP contribution >= 0.6 is 0 Å². The molecule has 0 aromatic heterocycles. The molecular formula is C40H62N2O10. The summed E-state index contributed by atoms with van der Waals surface area (Å²) < 4.78 is 19.0. The van der Waals surface area contributed by atoms with E-state index < -0.39 is 41.2 Å². The van der Waals surface area contributed by atoms with Gasteiger partial charge in [-0.3, -0.25) is 9.59 Å². The van der Waals surface area contributed by atoms with Crippen LogP contribution in [0, 0.1) is 23.2 Å². The minimum absolute atomic E-state index is 0.0200. The molecule has 0 spiro atoms. The van der Waals surface area contributed by atoms with Crippen molar-refractivity contribution in [2.45, 2.75) is 140 Å². The Morgan fingerprint density at radius 2 is 1.83 bits per heavy atom. The fraction of sp³-hybridized carbons (Fsp3) is 0.775. The highest BCUT2D eigenvalue weighted by Crippen LogP contribution is 2.48. The molecule has 5 rings (SSSR count). The van der Waals surface area contributed by atoms with Gasteiger partial charge < -0.3 is 45.3 Å². The number of carbonyl (C=O) groups is 3. The predicted octanol–water partition coefficient (Wildman–Crippen LogP) is 3.86. The van der Waals surface area contributed by atoms with Crippen molar-refractivity contribution in [1.29, 1.82) is 0 Å². The van der Waals surface area contributed by atoms with Crippen molar-refractivity contribution in [2.24, 2.45) is 23.2 Å². The summed E-state index contributed by atoms with van der Waals surface area (Å²) in [5.41, 5.74) is 0.155. The number of aliphatic hydroxyl groups excluding tert-OH is 3. The van der Waals surface area contributed by atoms with E-state index in [0.717, 1.165) is 30.4 Å². The Balaban J connectivity index is 1.58. The predicted molar refractivity (Wildman–Crippen MR) is 194 cm³/mol. The Kier molecular flexibility index (Phi) is 14.2. The highest BCUT2D eigenvalue weighted by molar-refractivity contribution is 5.90. The van der Waals surface area contributed by atoms with Gasteiger partial charge in [0, 0.05) is 44.0 Å². The number of esters is 2. The molecule has 12 heteroatoms. The largest absolute Gasteiger partial charge is 0.504 e. The quantitative estimate of drug-likeness (QED) is 0.128. The van der Waals surface area contributed by atoms with Crippen LogP contribution in [0.1, 0.15) is 115 Å². The average Bonchev–Trinajstić information content (AvgIpc) is 3.12. The van der Waals surface area contributed by atoms with E-state index in [1.165, 1.54) is 6.92 Å². The normalized spacial score (nSPS) is 26.4. The van der Waals surface area contributed by atoms with Gasteiger partial charge >= 0.3 is 11.9 Å². The lowest BCUT2D eigenvalue weighted by molar-refractivity contribution is -0.179. The Morgan fingerprint density at radius 3 is 2.54 bits per heavy atom. The molecule has 0 bridgehead atoms. The molecule has 3 fully saturated rings. The number of phenolic OH excluding ortho intramolecular Hbond substituents is 1. The molecule has 1 amide bonds. The number of hydrogen-bond acceptors (Lipinski definition) is 11. The maximum Gasteiger partial charge on any atom is 0.332 e. The lowest BCUT2D eigenvalue weighted by atomic mass is 9.66. The molecule has 292 valence electrons. The first-order chi connectivity index (χ1) is 25.0. The number of aromatic hydroxyl groups is 1. The molecule has 6 N–H and O–H groups in total. The molecule has 2 saturated heterocycles. The van der Waals surface area contributed by atoms with E-state index in [1.54, 1.807) is 13.0 Å². The first-order valence-electron chi connectivity index (χ1n) is 19.8. The maximum atomic E-state index is 14.8. The summed E-state index contributed by atoms with van der Waals surface area (Å²) in [6.45, 7) is 4.87. The summed E-state index contributed by atoms with van der Waals surface area (Å²) in [6.07, 6.45) is 7.58. The SMILES string of the molecule is CC(=O)OC(CC(OC(=O)C12CCCCC1CCC(=O)N2)C1(Cc2ccc(O)c3c2CC(CCO)CO3)CCNCC1)C(CCCO)CCC(C)O. The first-order valence-corrected chi connectivity index (χ1v) is 19.8. The zero-order chi connectivity index (χ0) is 37.3. The van der Waals surface area contributed by atoms with Gasteiger partial charge in [0.15, 0.2) is 11.5 Å². The van der Waals surface area contributed by atoms with E-state index in [9.17, 15) is 34.8 Å². The smallest absolute Gasteiger partial charge is 0.332 e. The summed E-state index contributed by atoms with van der Waals surface area (Å²) in [5.74, 6) is -0.630. The van der Waals surface area contributed by atoms with Crippen molar-refractivity contribution in [3.8, 4) is 11.5 Å². The molecule has 52 heavy (non-hydrogen) atoms. The van der Waals surface area contributed by atoms with E-state index in [4.69, 9.17) is 14.2 Å². The van der Waals surface area contributed by atoms with Crippen molar-refractivity contribution in [3.05, 3.63) is 23.3 Å². The Hall–Kier alpha value is -2.93. The molecule has 3 heterocycles. The lowest BCUT2D eigenvalue weighted by Crippen LogP contribution is -2.65. The lowest BCUT2D eigenvalue weighted by Gasteiger charge is -2.49. The maximum absolute atomic E-state index is 14.8. The number of ether oxygens (including phenoxy) is 3. The van der Waals surface area contributed by atoms with Gasteiger partial charge in [-0.2, -0.15) is 0 Å². The number of amides is 1. The van der Waals surface area contributed by atoms with Gasteiger partial charge in [-0.1, -0.05) is 18.9 Å². The average molecular weight is 731 g/mol. The second kappa shape index (κ2) is 18.4. The fourth-order valence-corrected chi connectivity index (χ4v) is 9.52. The van der Waals surface area contributed by atoms with Gasteiger partial charge in [-0.15, -0.1) is 0 Å². The van der Waals surface area contributed by atoms with Gasteiger partial charge in [0.2, 0.25) is 5.91 Å². The van der Waals surface area contributed by atoms with Crippen LogP contribution in [-0.2, 0) is 36.7 Å². The van der Waals surface area contributed by atoms with Crippen LogP contribution in [0.4, 0.5) is 0 Å². The van der Waals surface area contributed by atoms with Crippen LogP contribution < -0.4 is 15.4 Å². The minimum Gasteiger partial charge on any atom is -0.504 e. The second-order valence-corrected chi connectivity index (χ2v) is 16.1. The fourth-order valence-electron chi connectivity index (χ4n) is 9.52. The highest BCUT2D eigenvalue weighted by Gasteiger charge is 2.54. The zero-order valence-corrected chi connectivity index (χ0v) is 31.2.